The lowest BCUT2D eigenvalue weighted by molar-refractivity contribution is 0.0670. The van der Waals surface area contributed by atoms with Gasteiger partial charge in [-0.3, -0.25) is 4.57 Å². The van der Waals surface area contributed by atoms with Crippen LogP contribution in [0.3, 0.4) is 0 Å². The highest BCUT2D eigenvalue weighted by atomic mass is 127. The molecule has 5 nitrogen and oxygen atoms in total. The summed E-state index contributed by atoms with van der Waals surface area (Å²) >= 11 is 0. The smallest absolute Gasteiger partial charge is 0.319 e. The number of hydrogen-bond donors (Lipinski definition) is 1. The Morgan fingerprint density at radius 2 is 2.03 bits per heavy atom. The number of guanidine groups is 1. The van der Waals surface area contributed by atoms with Gasteiger partial charge < -0.3 is 10.2 Å². The van der Waals surface area contributed by atoms with Gasteiger partial charge in [0.15, 0.2) is 5.96 Å². The number of piperidine rings is 1. The Morgan fingerprint density at radius 1 is 1.28 bits per heavy atom. The summed E-state index contributed by atoms with van der Waals surface area (Å²) in [6, 6.07) is 10.7. The summed E-state index contributed by atoms with van der Waals surface area (Å²) in [7, 11) is 0. The van der Waals surface area contributed by atoms with E-state index >= 15 is 0 Å². The summed E-state index contributed by atoms with van der Waals surface area (Å²) in [5.74, 6) is 2.12. The third-order valence-electron chi connectivity index (χ3n) is 5.45. The minimum atomic E-state index is -2.60. The lowest BCUT2D eigenvalue weighted by atomic mass is 9.79. The fraction of sp³-hybridized carbons (Fsp3) is 0.524. The number of rotatable bonds is 6. The summed E-state index contributed by atoms with van der Waals surface area (Å²) in [5.41, 5.74) is 1.40. The van der Waals surface area contributed by atoms with Crippen molar-refractivity contribution >= 4 is 29.9 Å². The van der Waals surface area contributed by atoms with Crippen LogP contribution in [-0.4, -0.2) is 40.0 Å². The van der Waals surface area contributed by atoms with Gasteiger partial charge in [0, 0.05) is 32.0 Å². The van der Waals surface area contributed by atoms with E-state index in [4.69, 9.17) is 0 Å². The third kappa shape index (κ3) is 5.90. The van der Waals surface area contributed by atoms with Crippen LogP contribution in [0.5, 0.6) is 0 Å². The zero-order valence-corrected chi connectivity index (χ0v) is 19.3. The molecule has 0 amide bonds. The predicted octanol–water partition coefficient (Wildman–Crippen LogP) is 4.88. The molecule has 1 aliphatic rings. The highest BCUT2D eigenvalue weighted by molar-refractivity contribution is 14.0. The van der Waals surface area contributed by atoms with Gasteiger partial charge in [-0.2, -0.15) is 8.78 Å². The van der Waals surface area contributed by atoms with E-state index in [0.717, 1.165) is 43.0 Å². The molecule has 160 valence electrons. The van der Waals surface area contributed by atoms with Crippen molar-refractivity contribution in [1.82, 2.24) is 19.8 Å². The van der Waals surface area contributed by atoms with Crippen LogP contribution in [0.15, 0.2) is 47.7 Å². The van der Waals surface area contributed by atoms with E-state index in [0.29, 0.717) is 11.8 Å². The standard InChI is InChI=1S/C21H29F2N5.HI/c1-3-16-15-27(12-10-18(16)17-8-6-5-7-9-17)21(24-4-2)26-14-19-25-11-13-28(19)20(22)23;/h5-9,11,13,16,18,20H,3-4,10,12,14-15H2,1-2H3,(H,24,26);1H. The quantitative estimate of drug-likeness (QED) is 0.338. The van der Waals surface area contributed by atoms with E-state index in [9.17, 15) is 8.78 Å². The van der Waals surface area contributed by atoms with Crippen LogP contribution in [0.25, 0.3) is 0 Å². The Balaban J connectivity index is 0.00000300. The lowest BCUT2D eigenvalue weighted by Gasteiger charge is -2.40. The fourth-order valence-corrected chi connectivity index (χ4v) is 3.99. The van der Waals surface area contributed by atoms with Crippen LogP contribution < -0.4 is 5.32 Å². The van der Waals surface area contributed by atoms with Gasteiger partial charge in [-0.15, -0.1) is 24.0 Å². The molecule has 1 N–H and O–H groups in total. The Labute approximate surface area is 188 Å². The van der Waals surface area contributed by atoms with Crippen molar-refractivity contribution < 1.29 is 8.78 Å². The van der Waals surface area contributed by atoms with E-state index in [1.165, 1.54) is 18.0 Å². The zero-order chi connectivity index (χ0) is 19.9. The summed E-state index contributed by atoms with van der Waals surface area (Å²) in [4.78, 5) is 10.9. The number of nitrogens with one attached hydrogen (secondary N) is 1. The number of imidazole rings is 1. The number of likely N-dealkylation sites (tertiary alicyclic amines) is 1. The Kier molecular flexibility index (Phi) is 9.32. The summed E-state index contributed by atoms with van der Waals surface area (Å²) in [6.07, 6.45) is 4.83. The largest absolute Gasteiger partial charge is 0.357 e. The van der Waals surface area contributed by atoms with E-state index in [2.05, 4.69) is 57.4 Å². The molecule has 2 aromatic rings. The van der Waals surface area contributed by atoms with Gasteiger partial charge in [0.05, 0.1) is 0 Å². The number of aromatic nitrogens is 2. The molecule has 0 aliphatic carbocycles. The van der Waals surface area contributed by atoms with Crippen molar-refractivity contribution in [2.24, 2.45) is 10.9 Å². The van der Waals surface area contributed by atoms with Gasteiger partial charge in [0.25, 0.3) is 0 Å². The second-order valence-corrected chi connectivity index (χ2v) is 7.12. The number of alkyl halides is 2. The first-order valence-corrected chi connectivity index (χ1v) is 10.0. The lowest BCUT2D eigenvalue weighted by Crippen LogP contribution is -2.48. The molecule has 0 radical (unpaired) electrons. The number of halogens is 3. The summed E-state index contributed by atoms with van der Waals surface area (Å²) in [5, 5.41) is 3.31. The Morgan fingerprint density at radius 3 is 2.69 bits per heavy atom. The van der Waals surface area contributed by atoms with Gasteiger partial charge in [0.2, 0.25) is 0 Å². The van der Waals surface area contributed by atoms with E-state index in [1.807, 2.05) is 6.92 Å². The van der Waals surface area contributed by atoms with Crippen LogP contribution in [0.2, 0.25) is 0 Å². The molecule has 1 fully saturated rings. The van der Waals surface area contributed by atoms with Gasteiger partial charge >= 0.3 is 6.55 Å². The van der Waals surface area contributed by atoms with E-state index in [1.54, 1.807) is 0 Å². The van der Waals surface area contributed by atoms with Crippen LogP contribution in [0, 0.1) is 5.92 Å². The average molecular weight is 517 g/mol. The van der Waals surface area contributed by atoms with E-state index < -0.39 is 6.55 Å². The van der Waals surface area contributed by atoms with E-state index in [-0.39, 0.29) is 36.3 Å². The molecule has 8 heteroatoms. The number of benzene rings is 1. The molecule has 2 heterocycles. The molecule has 29 heavy (non-hydrogen) atoms. The molecule has 2 unspecified atom stereocenters. The van der Waals surface area contributed by atoms with Crippen LogP contribution in [0.4, 0.5) is 8.78 Å². The first kappa shape index (κ1) is 23.6. The molecule has 2 atom stereocenters. The van der Waals surface area contributed by atoms with Crippen LogP contribution >= 0.6 is 24.0 Å². The number of nitrogens with zero attached hydrogens (tertiary/aromatic N) is 4. The van der Waals surface area contributed by atoms with Crippen molar-refractivity contribution in [2.45, 2.75) is 45.7 Å². The highest BCUT2D eigenvalue weighted by Crippen LogP contribution is 2.34. The second kappa shape index (κ2) is 11.5. The van der Waals surface area contributed by atoms with Gasteiger partial charge in [-0.1, -0.05) is 43.7 Å². The van der Waals surface area contributed by atoms with Crippen molar-refractivity contribution in [3.8, 4) is 0 Å². The van der Waals surface area contributed by atoms with Crippen molar-refractivity contribution in [1.29, 1.82) is 0 Å². The Bertz CT molecular complexity index is 765. The maximum Gasteiger partial charge on any atom is 0.319 e. The van der Waals surface area contributed by atoms with Gasteiger partial charge in [0.1, 0.15) is 12.4 Å². The zero-order valence-electron chi connectivity index (χ0n) is 17.0. The minimum absolute atomic E-state index is 0. The molecular formula is C21H30F2IN5. The number of aliphatic imine (C=N–C) groups is 1. The van der Waals surface area contributed by atoms with Crippen molar-refractivity contribution in [3.63, 3.8) is 0 Å². The van der Waals surface area contributed by atoms with Crippen LogP contribution in [0.1, 0.15) is 50.5 Å². The normalized spacial score (nSPS) is 19.9. The highest BCUT2D eigenvalue weighted by Gasteiger charge is 2.30. The number of hydrogen-bond acceptors (Lipinski definition) is 2. The van der Waals surface area contributed by atoms with Crippen LogP contribution in [-0.2, 0) is 6.54 Å². The third-order valence-corrected chi connectivity index (χ3v) is 5.45. The molecular weight excluding hydrogens is 487 g/mol. The summed E-state index contributed by atoms with van der Waals surface area (Å²) < 4.78 is 26.9. The minimum Gasteiger partial charge on any atom is -0.357 e. The molecule has 1 aliphatic heterocycles. The molecule has 0 saturated carbocycles. The first-order chi connectivity index (χ1) is 13.6. The summed E-state index contributed by atoms with van der Waals surface area (Å²) in [6.45, 7) is 4.32. The van der Waals surface area contributed by atoms with Crippen molar-refractivity contribution in [2.75, 3.05) is 19.6 Å². The molecule has 1 aromatic heterocycles. The average Bonchev–Trinajstić information content (AvgIpc) is 3.20. The van der Waals surface area contributed by atoms with Crippen molar-refractivity contribution in [3.05, 3.63) is 54.1 Å². The first-order valence-electron chi connectivity index (χ1n) is 10.0. The predicted molar refractivity (Wildman–Crippen MR) is 123 cm³/mol. The SMILES string of the molecule is CCNC(=NCc1nccn1C(F)F)N1CCC(c2ccccc2)C(CC)C1.I. The topological polar surface area (TPSA) is 45.5 Å². The monoisotopic (exact) mass is 517 g/mol. The van der Waals surface area contributed by atoms with Gasteiger partial charge in [-0.05, 0) is 30.7 Å². The maximum absolute atomic E-state index is 13.0. The molecule has 3 rings (SSSR count). The molecule has 0 spiro atoms. The maximum atomic E-state index is 13.0. The van der Waals surface area contributed by atoms with Gasteiger partial charge in [-0.25, -0.2) is 9.98 Å². The molecule has 0 bridgehead atoms. The second-order valence-electron chi connectivity index (χ2n) is 7.12. The molecule has 1 saturated heterocycles. The fourth-order valence-electron chi connectivity index (χ4n) is 3.99. The Hall–Kier alpha value is -1.71. The molecule has 1 aromatic carbocycles.